The summed E-state index contributed by atoms with van der Waals surface area (Å²) in [7, 11) is 0. The lowest BCUT2D eigenvalue weighted by atomic mass is 10.2. The average Bonchev–Trinajstić information content (AvgIpc) is 2.96. The molecule has 3 heteroatoms. The van der Waals surface area contributed by atoms with Crippen LogP contribution >= 0.6 is 11.8 Å². The van der Waals surface area contributed by atoms with Crippen LogP contribution in [0.5, 0.6) is 0 Å². The number of hydrogen-bond acceptors (Lipinski definition) is 2. The van der Waals surface area contributed by atoms with Crippen LogP contribution in [0.2, 0.25) is 0 Å². The molecule has 0 spiro atoms. The first kappa shape index (κ1) is 12.1. The van der Waals surface area contributed by atoms with Crippen LogP contribution in [0.15, 0.2) is 71.8 Å². The van der Waals surface area contributed by atoms with Gasteiger partial charge >= 0.3 is 0 Å². The Morgan fingerprint density at radius 3 is 2.32 bits per heavy atom. The third-order valence-corrected chi connectivity index (χ3v) is 3.85. The summed E-state index contributed by atoms with van der Waals surface area (Å²) in [4.78, 5) is 0. The van der Waals surface area contributed by atoms with E-state index in [4.69, 9.17) is 0 Å². The minimum Gasteiger partial charge on any atom is -0.277 e. The molecule has 0 saturated heterocycles. The van der Waals surface area contributed by atoms with Crippen molar-refractivity contribution in [3.8, 4) is 11.3 Å². The molecule has 0 unspecified atom stereocenters. The van der Waals surface area contributed by atoms with Gasteiger partial charge in [-0.2, -0.15) is 5.10 Å². The van der Waals surface area contributed by atoms with Crippen molar-refractivity contribution in [3.63, 3.8) is 0 Å². The molecule has 0 amide bonds. The summed E-state index contributed by atoms with van der Waals surface area (Å²) in [5.74, 6) is 0.944. The molecule has 2 nitrogen and oxygen atoms in total. The number of aromatic amines is 1. The van der Waals surface area contributed by atoms with Crippen molar-refractivity contribution in [1.82, 2.24) is 10.2 Å². The summed E-state index contributed by atoms with van der Waals surface area (Å²) in [6, 6.07) is 22.8. The highest BCUT2D eigenvalue weighted by Gasteiger charge is 2.03. The van der Waals surface area contributed by atoms with E-state index in [1.807, 2.05) is 24.3 Å². The fraction of sp³-hybridized carbons (Fsp3) is 0.0625. The first-order valence-electron chi connectivity index (χ1n) is 6.19. The van der Waals surface area contributed by atoms with Crippen LogP contribution in [0, 0.1) is 0 Å². The van der Waals surface area contributed by atoms with E-state index in [1.165, 1.54) is 11.1 Å². The van der Waals surface area contributed by atoms with Gasteiger partial charge in [-0.05, 0) is 17.2 Å². The molecule has 0 radical (unpaired) electrons. The topological polar surface area (TPSA) is 28.7 Å². The summed E-state index contributed by atoms with van der Waals surface area (Å²) < 4.78 is 0. The number of hydrogen-bond donors (Lipinski definition) is 1. The van der Waals surface area contributed by atoms with E-state index in [0.717, 1.165) is 16.5 Å². The Morgan fingerprint density at radius 1 is 0.895 bits per heavy atom. The minimum atomic E-state index is 0.944. The van der Waals surface area contributed by atoms with E-state index in [-0.39, 0.29) is 0 Å². The lowest BCUT2D eigenvalue weighted by Crippen LogP contribution is -1.79. The molecule has 1 aromatic heterocycles. The number of thioether (sulfide) groups is 1. The highest BCUT2D eigenvalue weighted by molar-refractivity contribution is 7.98. The summed E-state index contributed by atoms with van der Waals surface area (Å²) in [5.41, 5.74) is 3.55. The predicted octanol–water partition coefficient (Wildman–Crippen LogP) is 4.37. The molecule has 0 aliphatic heterocycles. The van der Waals surface area contributed by atoms with Crippen molar-refractivity contribution in [2.45, 2.75) is 10.8 Å². The van der Waals surface area contributed by atoms with E-state index in [1.54, 1.807) is 11.8 Å². The van der Waals surface area contributed by atoms with Crippen LogP contribution in [0.4, 0.5) is 0 Å². The highest BCUT2D eigenvalue weighted by Crippen LogP contribution is 2.25. The van der Waals surface area contributed by atoms with Gasteiger partial charge in [-0.15, -0.1) is 0 Å². The molecule has 3 rings (SSSR count). The lowest BCUT2D eigenvalue weighted by Gasteiger charge is -1.97. The van der Waals surface area contributed by atoms with Gasteiger partial charge in [-0.1, -0.05) is 72.4 Å². The van der Waals surface area contributed by atoms with E-state index in [9.17, 15) is 0 Å². The van der Waals surface area contributed by atoms with Crippen LogP contribution < -0.4 is 0 Å². The SMILES string of the molecule is c1ccc(CSc2cc(-c3ccccc3)[nH]n2)cc1. The van der Waals surface area contributed by atoms with Gasteiger partial charge in [-0.25, -0.2) is 0 Å². The Morgan fingerprint density at radius 2 is 1.58 bits per heavy atom. The van der Waals surface area contributed by atoms with Crippen molar-refractivity contribution in [2.24, 2.45) is 0 Å². The Kier molecular flexibility index (Phi) is 3.65. The average molecular weight is 266 g/mol. The number of nitrogens with one attached hydrogen (secondary N) is 1. The van der Waals surface area contributed by atoms with Crippen LogP contribution in [0.25, 0.3) is 11.3 Å². The maximum Gasteiger partial charge on any atom is 0.119 e. The number of benzene rings is 2. The van der Waals surface area contributed by atoms with Gasteiger partial charge < -0.3 is 0 Å². The highest BCUT2D eigenvalue weighted by atomic mass is 32.2. The fourth-order valence-electron chi connectivity index (χ4n) is 1.87. The van der Waals surface area contributed by atoms with E-state index < -0.39 is 0 Å². The molecule has 0 atom stereocenters. The quantitative estimate of drug-likeness (QED) is 0.710. The second kappa shape index (κ2) is 5.76. The molecule has 0 bridgehead atoms. The fourth-order valence-corrected chi connectivity index (χ4v) is 2.69. The van der Waals surface area contributed by atoms with Gasteiger partial charge in [0, 0.05) is 5.75 Å². The summed E-state index contributed by atoms with van der Waals surface area (Å²) >= 11 is 1.75. The zero-order valence-corrected chi connectivity index (χ0v) is 11.2. The van der Waals surface area contributed by atoms with Crippen molar-refractivity contribution < 1.29 is 0 Å². The number of aromatic nitrogens is 2. The molecule has 94 valence electrons. The molecule has 19 heavy (non-hydrogen) atoms. The van der Waals surface area contributed by atoms with E-state index in [2.05, 4.69) is 52.7 Å². The lowest BCUT2D eigenvalue weighted by molar-refractivity contribution is 1.01. The first-order valence-corrected chi connectivity index (χ1v) is 7.18. The maximum absolute atomic E-state index is 4.35. The van der Waals surface area contributed by atoms with Crippen molar-refractivity contribution >= 4 is 11.8 Å². The van der Waals surface area contributed by atoms with Gasteiger partial charge in [0.2, 0.25) is 0 Å². The molecule has 0 aliphatic rings. The van der Waals surface area contributed by atoms with Crippen LogP contribution in [-0.2, 0) is 5.75 Å². The van der Waals surface area contributed by atoms with E-state index in [0.29, 0.717) is 0 Å². The Hall–Kier alpha value is -2.00. The normalized spacial score (nSPS) is 10.5. The number of rotatable bonds is 4. The smallest absolute Gasteiger partial charge is 0.119 e. The first-order chi connectivity index (χ1) is 9.42. The van der Waals surface area contributed by atoms with Gasteiger partial charge in [0.1, 0.15) is 5.03 Å². The maximum atomic E-state index is 4.35. The van der Waals surface area contributed by atoms with Crippen molar-refractivity contribution in [3.05, 3.63) is 72.3 Å². The molecule has 1 N–H and O–H groups in total. The van der Waals surface area contributed by atoms with Gasteiger partial charge in [0.05, 0.1) is 5.69 Å². The third-order valence-electron chi connectivity index (χ3n) is 2.87. The molecular formula is C16H14N2S. The minimum absolute atomic E-state index is 0.944. The number of H-pyrrole nitrogens is 1. The molecule has 1 heterocycles. The summed E-state index contributed by atoms with van der Waals surface area (Å²) in [5, 5.41) is 8.46. The predicted molar refractivity (Wildman–Crippen MR) is 80.0 cm³/mol. The molecule has 0 aliphatic carbocycles. The Bertz CT molecular complexity index is 632. The van der Waals surface area contributed by atoms with Crippen LogP contribution in [-0.4, -0.2) is 10.2 Å². The van der Waals surface area contributed by atoms with Crippen LogP contribution in [0.3, 0.4) is 0 Å². The molecular weight excluding hydrogens is 252 g/mol. The third kappa shape index (κ3) is 3.06. The standard InChI is InChI=1S/C16H14N2S/c1-3-7-13(8-4-1)12-19-16-11-15(17-18-16)14-9-5-2-6-10-14/h1-11H,12H2,(H,17,18). The zero-order chi connectivity index (χ0) is 12.9. The van der Waals surface area contributed by atoms with Crippen LogP contribution in [0.1, 0.15) is 5.56 Å². The summed E-state index contributed by atoms with van der Waals surface area (Å²) in [6.07, 6.45) is 0. The molecule has 2 aromatic carbocycles. The number of nitrogens with zero attached hydrogens (tertiary/aromatic N) is 1. The second-order valence-corrected chi connectivity index (χ2v) is 5.26. The summed E-state index contributed by atoms with van der Waals surface area (Å²) in [6.45, 7) is 0. The van der Waals surface area contributed by atoms with E-state index >= 15 is 0 Å². The van der Waals surface area contributed by atoms with Crippen molar-refractivity contribution in [2.75, 3.05) is 0 Å². The van der Waals surface area contributed by atoms with Gasteiger partial charge in [-0.3, -0.25) is 5.10 Å². The Labute approximate surface area is 116 Å². The monoisotopic (exact) mass is 266 g/mol. The van der Waals surface area contributed by atoms with Crippen molar-refractivity contribution in [1.29, 1.82) is 0 Å². The molecule has 0 fully saturated rings. The van der Waals surface area contributed by atoms with Gasteiger partial charge in [0.15, 0.2) is 0 Å². The Balaban J connectivity index is 1.69. The zero-order valence-electron chi connectivity index (χ0n) is 10.4. The van der Waals surface area contributed by atoms with Gasteiger partial charge in [0.25, 0.3) is 0 Å². The molecule has 3 aromatic rings. The molecule has 0 saturated carbocycles. The second-order valence-electron chi connectivity index (χ2n) is 4.26. The largest absolute Gasteiger partial charge is 0.277 e.